The minimum absolute atomic E-state index is 0.164. The molecule has 0 aliphatic rings. The summed E-state index contributed by atoms with van der Waals surface area (Å²) < 4.78 is 17.0. The SMILES string of the molecule is CCC(=O)Oc1occ(-c2cccc(OCc3ccccc3)c2)c1Br. The van der Waals surface area contributed by atoms with Gasteiger partial charge in [0.1, 0.15) is 23.1 Å². The van der Waals surface area contributed by atoms with Gasteiger partial charge in [0, 0.05) is 12.0 Å². The van der Waals surface area contributed by atoms with E-state index in [4.69, 9.17) is 13.9 Å². The minimum atomic E-state index is -0.346. The molecule has 5 heteroatoms. The molecular weight excluding hydrogens is 384 g/mol. The van der Waals surface area contributed by atoms with Crippen LogP contribution >= 0.6 is 15.9 Å². The van der Waals surface area contributed by atoms with Gasteiger partial charge in [-0.25, -0.2) is 0 Å². The summed E-state index contributed by atoms with van der Waals surface area (Å²) in [4.78, 5) is 11.4. The van der Waals surface area contributed by atoms with Gasteiger partial charge < -0.3 is 13.9 Å². The van der Waals surface area contributed by atoms with Crippen LogP contribution in [-0.4, -0.2) is 5.97 Å². The zero-order valence-electron chi connectivity index (χ0n) is 13.7. The van der Waals surface area contributed by atoms with Gasteiger partial charge in [0.05, 0.1) is 0 Å². The molecular formula is C20H17BrO4. The van der Waals surface area contributed by atoms with Crippen molar-refractivity contribution in [1.82, 2.24) is 0 Å². The van der Waals surface area contributed by atoms with E-state index in [0.29, 0.717) is 11.1 Å². The lowest BCUT2D eigenvalue weighted by Gasteiger charge is -2.08. The number of rotatable bonds is 6. The number of hydrogen-bond donors (Lipinski definition) is 0. The van der Waals surface area contributed by atoms with Crippen LogP contribution in [0.25, 0.3) is 11.1 Å². The lowest BCUT2D eigenvalue weighted by Crippen LogP contribution is -2.04. The van der Waals surface area contributed by atoms with Crippen molar-refractivity contribution in [3.8, 4) is 22.8 Å². The van der Waals surface area contributed by atoms with Gasteiger partial charge in [-0.1, -0.05) is 49.4 Å². The predicted octanol–water partition coefficient (Wildman–Crippen LogP) is 5.60. The summed E-state index contributed by atoms with van der Waals surface area (Å²) in [5, 5.41) is 0. The molecule has 1 heterocycles. The van der Waals surface area contributed by atoms with E-state index >= 15 is 0 Å². The maximum atomic E-state index is 11.4. The molecule has 0 spiro atoms. The highest BCUT2D eigenvalue weighted by molar-refractivity contribution is 9.10. The Morgan fingerprint density at radius 3 is 2.68 bits per heavy atom. The van der Waals surface area contributed by atoms with Crippen LogP contribution in [0.3, 0.4) is 0 Å². The molecule has 25 heavy (non-hydrogen) atoms. The molecule has 0 unspecified atom stereocenters. The number of halogens is 1. The number of esters is 1. The normalized spacial score (nSPS) is 10.5. The van der Waals surface area contributed by atoms with Gasteiger partial charge in [-0.05, 0) is 39.2 Å². The van der Waals surface area contributed by atoms with Crippen LogP contribution in [0.15, 0.2) is 69.8 Å². The van der Waals surface area contributed by atoms with E-state index in [1.807, 2.05) is 54.6 Å². The van der Waals surface area contributed by atoms with Crippen molar-refractivity contribution < 1.29 is 18.7 Å². The van der Waals surface area contributed by atoms with E-state index < -0.39 is 0 Å². The second kappa shape index (κ2) is 8.03. The first-order valence-corrected chi connectivity index (χ1v) is 8.71. The van der Waals surface area contributed by atoms with Crippen LogP contribution in [-0.2, 0) is 11.4 Å². The van der Waals surface area contributed by atoms with Gasteiger partial charge in [-0.3, -0.25) is 4.79 Å². The molecule has 0 bridgehead atoms. The molecule has 0 saturated carbocycles. The summed E-state index contributed by atoms with van der Waals surface area (Å²) in [6, 6.07) is 17.7. The quantitative estimate of drug-likeness (QED) is 0.505. The first kappa shape index (κ1) is 17.3. The van der Waals surface area contributed by atoms with Gasteiger partial charge in [0.15, 0.2) is 0 Å². The third kappa shape index (κ3) is 4.31. The molecule has 2 aromatic carbocycles. The Morgan fingerprint density at radius 2 is 1.92 bits per heavy atom. The summed E-state index contributed by atoms with van der Waals surface area (Å²) in [5.74, 6) is 0.570. The van der Waals surface area contributed by atoms with Gasteiger partial charge >= 0.3 is 11.9 Å². The molecule has 0 radical (unpaired) electrons. The smallest absolute Gasteiger partial charge is 0.313 e. The van der Waals surface area contributed by atoms with Crippen molar-refractivity contribution in [2.24, 2.45) is 0 Å². The van der Waals surface area contributed by atoms with Crippen molar-refractivity contribution in [3.05, 3.63) is 70.9 Å². The van der Waals surface area contributed by atoms with E-state index in [2.05, 4.69) is 15.9 Å². The Balaban J connectivity index is 1.76. The van der Waals surface area contributed by atoms with Crippen LogP contribution in [0.5, 0.6) is 11.7 Å². The fraction of sp³-hybridized carbons (Fsp3) is 0.150. The van der Waals surface area contributed by atoms with Crippen molar-refractivity contribution in [2.45, 2.75) is 20.0 Å². The maximum Gasteiger partial charge on any atom is 0.313 e. The number of benzene rings is 2. The van der Waals surface area contributed by atoms with Crippen LogP contribution in [0, 0.1) is 0 Å². The third-order valence-corrected chi connectivity index (χ3v) is 4.34. The number of carbonyl (C=O) groups is 1. The standard InChI is InChI=1S/C20H17BrO4/c1-2-18(22)25-20-19(21)17(13-24-20)15-9-6-10-16(11-15)23-12-14-7-4-3-5-8-14/h3-11,13H,2,12H2,1H3. The van der Waals surface area contributed by atoms with E-state index in [0.717, 1.165) is 22.4 Å². The number of hydrogen-bond acceptors (Lipinski definition) is 4. The number of furan rings is 1. The molecule has 0 fully saturated rings. The fourth-order valence-electron chi connectivity index (χ4n) is 2.26. The summed E-state index contributed by atoms with van der Waals surface area (Å²) >= 11 is 3.43. The number of carbonyl (C=O) groups excluding carboxylic acids is 1. The molecule has 0 atom stereocenters. The second-order valence-corrected chi connectivity index (χ2v) is 6.17. The lowest BCUT2D eigenvalue weighted by molar-refractivity contribution is -0.135. The Hall–Kier alpha value is -2.53. The van der Waals surface area contributed by atoms with Gasteiger partial charge in [0.2, 0.25) is 0 Å². The minimum Gasteiger partial charge on any atom is -0.489 e. The highest BCUT2D eigenvalue weighted by Crippen LogP contribution is 2.38. The number of ether oxygens (including phenoxy) is 2. The Labute approximate surface area is 154 Å². The first-order valence-electron chi connectivity index (χ1n) is 7.92. The topological polar surface area (TPSA) is 48.7 Å². The summed E-state index contributed by atoms with van der Waals surface area (Å²) in [5.41, 5.74) is 2.80. The molecule has 0 N–H and O–H groups in total. The predicted molar refractivity (Wildman–Crippen MR) is 98.5 cm³/mol. The Morgan fingerprint density at radius 1 is 1.12 bits per heavy atom. The Bertz CT molecular complexity index is 855. The molecule has 128 valence electrons. The first-order chi connectivity index (χ1) is 12.2. The summed E-state index contributed by atoms with van der Waals surface area (Å²) in [7, 11) is 0. The molecule has 0 aliphatic carbocycles. The molecule has 4 nitrogen and oxygen atoms in total. The van der Waals surface area contributed by atoms with E-state index in [9.17, 15) is 4.79 Å². The third-order valence-electron chi connectivity index (χ3n) is 3.59. The van der Waals surface area contributed by atoms with E-state index in [-0.39, 0.29) is 18.3 Å². The molecule has 1 aromatic heterocycles. The monoisotopic (exact) mass is 400 g/mol. The van der Waals surface area contributed by atoms with Crippen molar-refractivity contribution in [3.63, 3.8) is 0 Å². The van der Waals surface area contributed by atoms with Gasteiger partial charge in [0.25, 0.3) is 0 Å². The van der Waals surface area contributed by atoms with Crippen LogP contribution < -0.4 is 9.47 Å². The van der Waals surface area contributed by atoms with E-state index in [1.54, 1.807) is 13.2 Å². The highest BCUT2D eigenvalue weighted by atomic mass is 79.9. The average molecular weight is 401 g/mol. The lowest BCUT2D eigenvalue weighted by atomic mass is 10.1. The Kier molecular flexibility index (Phi) is 5.56. The van der Waals surface area contributed by atoms with Crippen molar-refractivity contribution >= 4 is 21.9 Å². The molecule has 3 rings (SSSR count). The fourth-order valence-corrected chi connectivity index (χ4v) is 2.76. The largest absolute Gasteiger partial charge is 0.489 e. The van der Waals surface area contributed by atoms with Gasteiger partial charge in [-0.2, -0.15) is 0 Å². The molecule has 0 amide bonds. The maximum absolute atomic E-state index is 11.4. The molecule has 0 aliphatic heterocycles. The van der Waals surface area contributed by atoms with Crippen LogP contribution in [0.2, 0.25) is 0 Å². The summed E-state index contributed by atoms with van der Waals surface area (Å²) in [6.45, 7) is 2.23. The molecule has 3 aromatic rings. The highest BCUT2D eigenvalue weighted by Gasteiger charge is 2.17. The van der Waals surface area contributed by atoms with Crippen LogP contribution in [0.4, 0.5) is 0 Å². The average Bonchev–Trinajstić information content (AvgIpc) is 3.01. The zero-order chi connectivity index (χ0) is 17.6. The zero-order valence-corrected chi connectivity index (χ0v) is 15.3. The van der Waals surface area contributed by atoms with E-state index in [1.165, 1.54) is 0 Å². The molecule has 0 saturated heterocycles. The van der Waals surface area contributed by atoms with Gasteiger partial charge in [-0.15, -0.1) is 0 Å². The van der Waals surface area contributed by atoms with Crippen LogP contribution in [0.1, 0.15) is 18.9 Å². The van der Waals surface area contributed by atoms with Crippen molar-refractivity contribution in [1.29, 1.82) is 0 Å². The van der Waals surface area contributed by atoms with Crippen molar-refractivity contribution in [2.75, 3.05) is 0 Å². The summed E-state index contributed by atoms with van der Waals surface area (Å²) in [6.07, 6.45) is 1.84. The second-order valence-electron chi connectivity index (χ2n) is 5.38.